The molecule has 1 aromatic heterocycles. The van der Waals surface area contributed by atoms with Crippen LogP contribution in [-0.2, 0) is 12.8 Å². The molecule has 1 N–H and O–H groups in total. The van der Waals surface area contributed by atoms with E-state index in [1.165, 1.54) is 12.0 Å². The van der Waals surface area contributed by atoms with Gasteiger partial charge in [0.15, 0.2) is 5.82 Å². The van der Waals surface area contributed by atoms with Gasteiger partial charge in [-0.1, -0.05) is 16.8 Å². The van der Waals surface area contributed by atoms with Crippen molar-refractivity contribution in [2.24, 2.45) is 0 Å². The van der Waals surface area contributed by atoms with E-state index in [0.29, 0.717) is 0 Å². The number of ether oxygens (including phenoxy) is 1. The van der Waals surface area contributed by atoms with Gasteiger partial charge in [-0.3, -0.25) is 0 Å². The summed E-state index contributed by atoms with van der Waals surface area (Å²) in [5.41, 5.74) is 1.18. The zero-order valence-electron chi connectivity index (χ0n) is 10.3. The van der Waals surface area contributed by atoms with Crippen LogP contribution in [0.3, 0.4) is 0 Å². The fraction of sp³-hybridized carbons (Fsp3) is 0.385. The van der Waals surface area contributed by atoms with Gasteiger partial charge in [0.25, 0.3) is 0 Å². The molecule has 3 rings (SSSR count). The van der Waals surface area contributed by atoms with E-state index in [4.69, 9.17) is 16.3 Å². The largest absolute Gasteiger partial charge is 0.488 e. The van der Waals surface area contributed by atoms with Gasteiger partial charge >= 0.3 is 0 Å². The zero-order chi connectivity index (χ0) is 13.1. The van der Waals surface area contributed by atoms with E-state index >= 15 is 0 Å². The molecule has 0 saturated heterocycles. The molecule has 1 aliphatic rings. The minimum Gasteiger partial charge on any atom is -0.488 e. The molecule has 1 atom stereocenters. The third-order valence-corrected chi connectivity index (χ3v) is 3.30. The molecule has 6 heteroatoms. The van der Waals surface area contributed by atoms with Gasteiger partial charge in [-0.25, -0.2) is 0 Å². The summed E-state index contributed by atoms with van der Waals surface area (Å²) in [5, 5.41) is 7.85. The van der Waals surface area contributed by atoms with E-state index in [1.807, 2.05) is 18.2 Å². The monoisotopic (exact) mass is 279 g/mol. The van der Waals surface area contributed by atoms with Gasteiger partial charge in [0.1, 0.15) is 11.9 Å². The second-order valence-corrected chi connectivity index (χ2v) is 4.93. The Kier molecular flexibility index (Phi) is 3.66. The average Bonchev–Trinajstić information content (AvgIpc) is 3.02. The summed E-state index contributed by atoms with van der Waals surface area (Å²) < 4.78 is 10.5. The van der Waals surface area contributed by atoms with Crippen molar-refractivity contribution in [3.63, 3.8) is 0 Å². The fourth-order valence-electron chi connectivity index (χ4n) is 2.17. The number of rotatable bonds is 5. The summed E-state index contributed by atoms with van der Waals surface area (Å²) in [6.45, 7) is 1.60. The van der Waals surface area contributed by atoms with Crippen LogP contribution >= 0.6 is 11.6 Å². The maximum atomic E-state index is 5.96. The molecule has 19 heavy (non-hydrogen) atoms. The van der Waals surface area contributed by atoms with Crippen molar-refractivity contribution in [1.82, 2.24) is 15.5 Å². The maximum Gasteiger partial charge on any atom is 0.213 e. The Balaban J connectivity index is 1.43. The van der Waals surface area contributed by atoms with E-state index in [-0.39, 0.29) is 6.10 Å². The van der Waals surface area contributed by atoms with Crippen LogP contribution in [-0.4, -0.2) is 29.3 Å². The van der Waals surface area contributed by atoms with Crippen LogP contribution in [0.1, 0.15) is 11.4 Å². The molecule has 100 valence electrons. The summed E-state index contributed by atoms with van der Waals surface area (Å²) >= 11 is 5.96. The predicted octanol–water partition coefficient (Wildman–Crippen LogP) is 1.86. The summed E-state index contributed by atoms with van der Waals surface area (Å²) in [4.78, 5) is 3.96. The molecule has 0 amide bonds. The summed E-state index contributed by atoms with van der Waals surface area (Å²) in [5.74, 6) is 1.66. The van der Waals surface area contributed by atoms with Gasteiger partial charge in [-0.2, -0.15) is 4.98 Å². The normalized spacial score (nSPS) is 17.2. The van der Waals surface area contributed by atoms with Crippen molar-refractivity contribution >= 4 is 11.6 Å². The molecule has 0 aliphatic carbocycles. The molecular weight excluding hydrogens is 266 g/mol. The molecule has 0 spiro atoms. The second-order valence-electron chi connectivity index (χ2n) is 4.50. The molecular formula is C13H14ClN3O2. The molecule has 0 saturated carbocycles. The first kappa shape index (κ1) is 12.4. The number of aromatic nitrogens is 2. The standard InChI is InChI=1S/C13H14ClN3O2/c14-10-1-2-12-9(5-10)6-11(19-12)7-15-4-3-13-16-8-18-17-13/h1-2,5,8,11,15H,3-4,6-7H2. The topological polar surface area (TPSA) is 60.2 Å². The smallest absolute Gasteiger partial charge is 0.213 e. The van der Waals surface area contributed by atoms with Crippen molar-refractivity contribution in [2.45, 2.75) is 18.9 Å². The van der Waals surface area contributed by atoms with Gasteiger partial charge in [0, 0.05) is 31.0 Å². The average molecular weight is 280 g/mol. The molecule has 0 fully saturated rings. The zero-order valence-corrected chi connectivity index (χ0v) is 11.1. The minimum absolute atomic E-state index is 0.165. The number of hydrogen-bond donors (Lipinski definition) is 1. The van der Waals surface area contributed by atoms with Gasteiger partial charge in [0.05, 0.1) is 0 Å². The molecule has 2 aromatic rings. The Labute approximate surface area is 115 Å². The second kappa shape index (κ2) is 5.59. The Hall–Kier alpha value is -1.59. The van der Waals surface area contributed by atoms with Crippen molar-refractivity contribution in [2.75, 3.05) is 13.1 Å². The van der Waals surface area contributed by atoms with E-state index in [0.717, 1.165) is 42.5 Å². The third-order valence-electron chi connectivity index (χ3n) is 3.07. The predicted molar refractivity (Wildman–Crippen MR) is 70.4 cm³/mol. The number of benzene rings is 1. The van der Waals surface area contributed by atoms with E-state index < -0.39 is 0 Å². The molecule has 0 bridgehead atoms. The van der Waals surface area contributed by atoms with Gasteiger partial charge in [0.2, 0.25) is 6.39 Å². The van der Waals surface area contributed by atoms with Crippen molar-refractivity contribution in [3.8, 4) is 5.75 Å². The molecule has 1 unspecified atom stereocenters. The van der Waals surface area contributed by atoms with E-state index in [1.54, 1.807) is 0 Å². The van der Waals surface area contributed by atoms with Crippen molar-refractivity contribution in [1.29, 1.82) is 0 Å². The highest BCUT2D eigenvalue weighted by Gasteiger charge is 2.22. The molecule has 0 radical (unpaired) electrons. The highest BCUT2D eigenvalue weighted by molar-refractivity contribution is 6.30. The number of nitrogens with zero attached hydrogens (tertiary/aromatic N) is 2. The number of nitrogens with one attached hydrogen (secondary N) is 1. The first-order valence-electron chi connectivity index (χ1n) is 6.22. The third kappa shape index (κ3) is 3.05. The van der Waals surface area contributed by atoms with E-state index in [2.05, 4.69) is 20.0 Å². The lowest BCUT2D eigenvalue weighted by atomic mass is 10.1. The first-order chi connectivity index (χ1) is 9.31. The Bertz CT molecular complexity index is 545. The number of fused-ring (bicyclic) bond motifs is 1. The lowest BCUT2D eigenvalue weighted by Gasteiger charge is -2.11. The Morgan fingerprint density at radius 3 is 3.21 bits per heavy atom. The molecule has 2 heterocycles. The Morgan fingerprint density at radius 2 is 2.37 bits per heavy atom. The van der Waals surface area contributed by atoms with Crippen LogP contribution in [0, 0.1) is 0 Å². The van der Waals surface area contributed by atoms with Gasteiger partial charge in [-0.05, 0) is 23.8 Å². The summed E-state index contributed by atoms with van der Waals surface area (Å²) in [6.07, 6.45) is 3.15. The molecule has 1 aromatic carbocycles. The number of halogens is 1. The summed E-state index contributed by atoms with van der Waals surface area (Å²) in [6, 6.07) is 5.75. The molecule has 5 nitrogen and oxygen atoms in total. The lowest BCUT2D eigenvalue weighted by molar-refractivity contribution is 0.228. The SMILES string of the molecule is Clc1ccc2c(c1)CC(CNCCc1ncon1)O2. The van der Waals surface area contributed by atoms with Crippen LogP contribution in [0.5, 0.6) is 5.75 Å². The quantitative estimate of drug-likeness (QED) is 0.847. The van der Waals surface area contributed by atoms with Crippen molar-refractivity contribution in [3.05, 3.63) is 41.0 Å². The van der Waals surface area contributed by atoms with Crippen molar-refractivity contribution < 1.29 is 9.26 Å². The Morgan fingerprint density at radius 1 is 1.42 bits per heavy atom. The van der Waals surface area contributed by atoms with Gasteiger partial charge in [-0.15, -0.1) is 0 Å². The summed E-state index contributed by atoms with van der Waals surface area (Å²) in [7, 11) is 0. The van der Waals surface area contributed by atoms with Gasteiger partial charge < -0.3 is 14.6 Å². The maximum absolute atomic E-state index is 5.96. The van der Waals surface area contributed by atoms with Crippen LogP contribution in [0.15, 0.2) is 29.1 Å². The lowest BCUT2D eigenvalue weighted by Crippen LogP contribution is -2.31. The molecule has 1 aliphatic heterocycles. The number of hydrogen-bond acceptors (Lipinski definition) is 5. The highest BCUT2D eigenvalue weighted by atomic mass is 35.5. The van der Waals surface area contributed by atoms with Crippen LogP contribution in [0.4, 0.5) is 0 Å². The fourth-order valence-corrected chi connectivity index (χ4v) is 2.36. The highest BCUT2D eigenvalue weighted by Crippen LogP contribution is 2.30. The van der Waals surface area contributed by atoms with E-state index in [9.17, 15) is 0 Å². The first-order valence-corrected chi connectivity index (χ1v) is 6.60. The minimum atomic E-state index is 0.165. The van der Waals surface area contributed by atoms with Crippen LogP contribution in [0.25, 0.3) is 0 Å². The van der Waals surface area contributed by atoms with Crippen LogP contribution in [0.2, 0.25) is 5.02 Å². The van der Waals surface area contributed by atoms with Crippen LogP contribution < -0.4 is 10.1 Å².